The standard InChI is InChI=1S/C23H34N6.HI/c1-5-28-12-14-29(15-13-28)22-16-21(10-11-25-22)17-26-23(24-3)27(4)18-20-8-6-19(2)7-9-20;/h6-11,16H,5,12-15,17-18H2,1-4H3,(H,24,26);1H. The predicted molar refractivity (Wildman–Crippen MR) is 137 cm³/mol. The average molecular weight is 522 g/mol. The maximum absolute atomic E-state index is 4.60. The van der Waals surface area contributed by atoms with E-state index in [1.54, 1.807) is 0 Å². The zero-order valence-corrected chi connectivity index (χ0v) is 21.0. The zero-order valence-electron chi connectivity index (χ0n) is 18.6. The van der Waals surface area contributed by atoms with Gasteiger partial charge >= 0.3 is 0 Å². The van der Waals surface area contributed by atoms with Gasteiger partial charge < -0.3 is 20.0 Å². The number of halogens is 1. The van der Waals surface area contributed by atoms with Gasteiger partial charge in [0.1, 0.15) is 5.82 Å². The fourth-order valence-corrected chi connectivity index (χ4v) is 3.64. The maximum atomic E-state index is 4.60. The van der Waals surface area contributed by atoms with Crippen LogP contribution < -0.4 is 10.2 Å². The largest absolute Gasteiger partial charge is 0.354 e. The molecule has 2 heterocycles. The first kappa shape index (κ1) is 24.4. The quantitative estimate of drug-likeness (QED) is 0.358. The SMILES string of the molecule is CCN1CCN(c2cc(CNC(=NC)N(C)Cc3ccc(C)cc3)ccn2)CC1.I. The molecule has 1 aromatic carbocycles. The highest BCUT2D eigenvalue weighted by Crippen LogP contribution is 2.15. The molecule has 1 aliphatic heterocycles. The number of hydrogen-bond donors (Lipinski definition) is 1. The molecule has 2 aromatic rings. The van der Waals surface area contributed by atoms with Crippen LogP contribution in [0.1, 0.15) is 23.6 Å². The molecule has 0 radical (unpaired) electrons. The molecule has 1 aliphatic rings. The average Bonchev–Trinajstić information content (AvgIpc) is 2.76. The second-order valence-corrected chi connectivity index (χ2v) is 7.69. The van der Waals surface area contributed by atoms with E-state index in [-0.39, 0.29) is 24.0 Å². The smallest absolute Gasteiger partial charge is 0.193 e. The molecule has 30 heavy (non-hydrogen) atoms. The third-order valence-electron chi connectivity index (χ3n) is 5.52. The van der Waals surface area contributed by atoms with Gasteiger partial charge in [0.25, 0.3) is 0 Å². The molecule has 0 unspecified atom stereocenters. The summed E-state index contributed by atoms with van der Waals surface area (Å²) in [5.74, 6) is 1.96. The van der Waals surface area contributed by atoms with Crippen LogP contribution in [0.2, 0.25) is 0 Å². The van der Waals surface area contributed by atoms with E-state index in [2.05, 4.69) is 87.3 Å². The topological polar surface area (TPSA) is 47.0 Å². The van der Waals surface area contributed by atoms with Crippen molar-refractivity contribution in [2.75, 3.05) is 51.7 Å². The monoisotopic (exact) mass is 522 g/mol. The lowest BCUT2D eigenvalue weighted by Crippen LogP contribution is -2.46. The van der Waals surface area contributed by atoms with E-state index in [4.69, 9.17) is 0 Å². The lowest BCUT2D eigenvalue weighted by atomic mass is 10.1. The molecule has 3 rings (SSSR count). The molecule has 0 aliphatic carbocycles. The van der Waals surface area contributed by atoms with Crippen LogP contribution in [0.25, 0.3) is 0 Å². The van der Waals surface area contributed by atoms with Crippen LogP contribution in [0.15, 0.2) is 47.6 Å². The minimum absolute atomic E-state index is 0. The number of anilines is 1. The van der Waals surface area contributed by atoms with Crippen LogP contribution in [0, 0.1) is 6.92 Å². The molecule has 164 valence electrons. The van der Waals surface area contributed by atoms with Crippen molar-refractivity contribution in [1.82, 2.24) is 20.1 Å². The van der Waals surface area contributed by atoms with Gasteiger partial charge in [-0.2, -0.15) is 0 Å². The van der Waals surface area contributed by atoms with E-state index < -0.39 is 0 Å². The van der Waals surface area contributed by atoms with Gasteiger partial charge in [0, 0.05) is 59.6 Å². The van der Waals surface area contributed by atoms with E-state index in [9.17, 15) is 0 Å². The summed E-state index contributed by atoms with van der Waals surface area (Å²) in [7, 11) is 3.90. The number of piperazine rings is 1. The summed E-state index contributed by atoms with van der Waals surface area (Å²) in [5, 5.41) is 3.48. The van der Waals surface area contributed by atoms with Crippen molar-refractivity contribution in [3.05, 3.63) is 59.3 Å². The van der Waals surface area contributed by atoms with Crippen molar-refractivity contribution >= 4 is 35.8 Å². The number of aliphatic imine (C=N–C) groups is 1. The molecular weight excluding hydrogens is 487 g/mol. The minimum atomic E-state index is 0. The third-order valence-corrected chi connectivity index (χ3v) is 5.52. The summed E-state index contributed by atoms with van der Waals surface area (Å²) in [6, 6.07) is 12.9. The Balaban J connectivity index is 0.00000320. The van der Waals surface area contributed by atoms with Crippen molar-refractivity contribution in [1.29, 1.82) is 0 Å². The van der Waals surface area contributed by atoms with E-state index >= 15 is 0 Å². The lowest BCUT2D eigenvalue weighted by Gasteiger charge is -2.34. The van der Waals surface area contributed by atoms with E-state index in [1.807, 2.05) is 13.2 Å². The number of aromatic nitrogens is 1. The summed E-state index contributed by atoms with van der Waals surface area (Å²) >= 11 is 0. The van der Waals surface area contributed by atoms with Crippen LogP contribution in [-0.4, -0.2) is 67.6 Å². The molecule has 0 atom stereocenters. The van der Waals surface area contributed by atoms with Gasteiger partial charge in [0.05, 0.1) is 0 Å². The molecule has 1 N–H and O–H groups in total. The normalized spacial score (nSPS) is 14.9. The summed E-state index contributed by atoms with van der Waals surface area (Å²) in [5.41, 5.74) is 3.78. The Bertz CT molecular complexity index is 800. The van der Waals surface area contributed by atoms with Gasteiger partial charge in [0.15, 0.2) is 5.96 Å². The summed E-state index contributed by atoms with van der Waals surface area (Å²) in [6.45, 7) is 11.3. The zero-order chi connectivity index (χ0) is 20.6. The van der Waals surface area contributed by atoms with E-state index in [0.717, 1.165) is 57.6 Å². The minimum Gasteiger partial charge on any atom is -0.354 e. The molecule has 7 heteroatoms. The van der Waals surface area contributed by atoms with Gasteiger partial charge in [-0.1, -0.05) is 36.8 Å². The van der Waals surface area contributed by atoms with Crippen LogP contribution in [0.3, 0.4) is 0 Å². The van der Waals surface area contributed by atoms with Gasteiger partial charge in [-0.3, -0.25) is 4.99 Å². The second-order valence-electron chi connectivity index (χ2n) is 7.69. The van der Waals surface area contributed by atoms with Crippen molar-refractivity contribution in [3.8, 4) is 0 Å². The fourth-order valence-electron chi connectivity index (χ4n) is 3.64. The van der Waals surface area contributed by atoms with Crippen LogP contribution in [0.4, 0.5) is 5.82 Å². The number of nitrogens with zero attached hydrogens (tertiary/aromatic N) is 5. The fraction of sp³-hybridized carbons (Fsp3) is 0.478. The van der Waals surface area contributed by atoms with Gasteiger partial charge in [-0.25, -0.2) is 4.98 Å². The van der Waals surface area contributed by atoms with Crippen molar-refractivity contribution < 1.29 is 0 Å². The molecule has 0 spiro atoms. The number of benzene rings is 1. The van der Waals surface area contributed by atoms with Crippen molar-refractivity contribution in [3.63, 3.8) is 0 Å². The van der Waals surface area contributed by atoms with Gasteiger partial charge in [-0.05, 0) is 36.7 Å². The van der Waals surface area contributed by atoms with Crippen LogP contribution in [0.5, 0.6) is 0 Å². The number of aryl methyl sites for hydroxylation is 1. The highest BCUT2D eigenvalue weighted by atomic mass is 127. The summed E-state index contributed by atoms with van der Waals surface area (Å²) in [4.78, 5) is 16.1. The maximum Gasteiger partial charge on any atom is 0.193 e. The lowest BCUT2D eigenvalue weighted by molar-refractivity contribution is 0.270. The highest BCUT2D eigenvalue weighted by molar-refractivity contribution is 14.0. The van der Waals surface area contributed by atoms with E-state index in [1.165, 1.54) is 16.7 Å². The second kappa shape index (κ2) is 12.1. The Morgan fingerprint density at radius 2 is 1.80 bits per heavy atom. The van der Waals surface area contributed by atoms with Gasteiger partial charge in [-0.15, -0.1) is 24.0 Å². The molecule has 0 amide bonds. The molecule has 1 saturated heterocycles. The number of pyridine rings is 1. The van der Waals surface area contributed by atoms with Crippen LogP contribution >= 0.6 is 24.0 Å². The number of likely N-dealkylation sites (N-methyl/N-ethyl adjacent to an activating group) is 1. The molecule has 6 nitrogen and oxygen atoms in total. The van der Waals surface area contributed by atoms with Crippen molar-refractivity contribution in [2.24, 2.45) is 4.99 Å². The Morgan fingerprint density at radius 1 is 1.10 bits per heavy atom. The van der Waals surface area contributed by atoms with E-state index in [0.29, 0.717) is 0 Å². The number of rotatable bonds is 6. The third kappa shape index (κ3) is 6.84. The first-order valence-electron chi connectivity index (χ1n) is 10.5. The van der Waals surface area contributed by atoms with Crippen LogP contribution in [-0.2, 0) is 13.1 Å². The molecule has 0 saturated carbocycles. The Kier molecular flexibility index (Phi) is 9.84. The Labute approximate surface area is 198 Å². The van der Waals surface area contributed by atoms with Gasteiger partial charge in [0.2, 0.25) is 0 Å². The summed E-state index contributed by atoms with van der Waals surface area (Å²) < 4.78 is 0. The Hall–Kier alpha value is -1.87. The Morgan fingerprint density at radius 3 is 2.43 bits per heavy atom. The molecule has 1 fully saturated rings. The number of hydrogen-bond acceptors (Lipinski definition) is 4. The first-order valence-corrected chi connectivity index (χ1v) is 10.5. The molecule has 0 bridgehead atoms. The molecular formula is C23H35IN6. The number of guanidine groups is 1. The number of nitrogens with one attached hydrogen (secondary N) is 1. The highest BCUT2D eigenvalue weighted by Gasteiger charge is 2.17. The predicted octanol–water partition coefficient (Wildman–Crippen LogP) is 3.36. The summed E-state index contributed by atoms with van der Waals surface area (Å²) in [6.07, 6.45) is 1.91. The first-order chi connectivity index (χ1) is 14.1. The molecule has 1 aromatic heterocycles. The van der Waals surface area contributed by atoms with Crippen molar-refractivity contribution in [2.45, 2.75) is 26.9 Å².